The van der Waals surface area contributed by atoms with Crippen LogP contribution in [0.25, 0.3) is 65.8 Å². The number of rotatable bonds is 8. The molecule has 0 N–H and O–H groups in total. The monoisotopic (exact) mass is 932 g/mol. The van der Waals surface area contributed by atoms with Crippen molar-refractivity contribution in [1.82, 2.24) is 0 Å². The van der Waals surface area contributed by atoms with Crippen LogP contribution in [0.3, 0.4) is 0 Å². The first kappa shape index (κ1) is 41.8. The number of hydrogen-bond donors (Lipinski definition) is 0. The molecule has 0 aliphatic heterocycles. The number of nitriles is 2. The van der Waals surface area contributed by atoms with Crippen LogP contribution in [0, 0.1) is 22.7 Å². The molecule has 11 aromatic carbocycles. The fourth-order valence-electron chi connectivity index (χ4n) is 11.7. The van der Waals surface area contributed by atoms with Crippen LogP contribution in [0.15, 0.2) is 251 Å². The quantitative estimate of drug-likeness (QED) is 0.151. The number of fused-ring (bicyclic) bond motifs is 11. The Kier molecular flexibility index (Phi) is 9.44. The molecule has 1 aliphatic rings. The molecule has 0 saturated carbocycles. The van der Waals surface area contributed by atoms with Crippen molar-refractivity contribution in [2.24, 2.45) is 0 Å². The van der Waals surface area contributed by atoms with E-state index in [-0.39, 0.29) is 0 Å². The van der Waals surface area contributed by atoms with Gasteiger partial charge in [-0.1, -0.05) is 152 Å². The van der Waals surface area contributed by atoms with E-state index < -0.39 is 5.41 Å². The zero-order chi connectivity index (χ0) is 48.6. The highest BCUT2D eigenvalue weighted by molar-refractivity contribution is 6.15. The van der Waals surface area contributed by atoms with Gasteiger partial charge in [0.1, 0.15) is 11.2 Å². The lowest BCUT2D eigenvalue weighted by molar-refractivity contribution is 0.668. The summed E-state index contributed by atoms with van der Waals surface area (Å²) >= 11 is 0. The molecule has 0 saturated heterocycles. The highest BCUT2D eigenvalue weighted by Crippen LogP contribution is 2.61. The molecular formula is C67H40N4O2. The standard InChI is InChI=1S/C67H40N4O2/c68-41-43-29-33-47(34-30-43)70(59-25-13-23-54-51-20-9-11-27-62(51)72-65(54)59)49-37-38-56-57(39-49)67(45-15-3-1-4-16-45,46-17-5-2-6-18-46)58-40-61(50-19-7-8-22-53(50)64(56)58)71(48-35-31-44(42-69)32-36-48)60-26-14-24-55-52-21-10-12-28-63(52)73-66(55)60/h1-40H. The van der Waals surface area contributed by atoms with Crippen LogP contribution in [0.1, 0.15) is 33.4 Å². The van der Waals surface area contributed by atoms with Gasteiger partial charge in [0.15, 0.2) is 11.2 Å². The first-order valence-electron chi connectivity index (χ1n) is 24.4. The first-order chi connectivity index (χ1) is 36.1. The maximum absolute atomic E-state index is 10.0. The third kappa shape index (κ3) is 6.28. The van der Waals surface area contributed by atoms with Crippen LogP contribution in [0.5, 0.6) is 0 Å². The van der Waals surface area contributed by atoms with Crippen LogP contribution in [-0.4, -0.2) is 0 Å². The number of benzene rings is 11. The maximum atomic E-state index is 10.0. The molecule has 2 heterocycles. The van der Waals surface area contributed by atoms with E-state index in [1.54, 1.807) is 0 Å². The van der Waals surface area contributed by atoms with E-state index in [0.29, 0.717) is 11.1 Å². The molecule has 0 bridgehead atoms. The van der Waals surface area contributed by atoms with Crippen LogP contribution in [-0.2, 0) is 5.41 Å². The summed E-state index contributed by atoms with van der Waals surface area (Å²) in [5.74, 6) is 0. The van der Waals surface area contributed by atoms with Crippen molar-refractivity contribution in [2.45, 2.75) is 5.41 Å². The molecule has 1 aliphatic carbocycles. The van der Waals surface area contributed by atoms with Crippen LogP contribution >= 0.6 is 0 Å². The van der Waals surface area contributed by atoms with Crippen molar-refractivity contribution in [3.8, 4) is 23.3 Å². The number of para-hydroxylation sites is 4. The van der Waals surface area contributed by atoms with Crippen molar-refractivity contribution < 1.29 is 8.83 Å². The number of nitrogens with zero attached hydrogens (tertiary/aromatic N) is 4. The van der Waals surface area contributed by atoms with Gasteiger partial charge in [-0.25, -0.2) is 0 Å². The third-order valence-electron chi connectivity index (χ3n) is 14.8. The van der Waals surface area contributed by atoms with E-state index in [9.17, 15) is 10.5 Å². The van der Waals surface area contributed by atoms with Gasteiger partial charge in [0.2, 0.25) is 0 Å². The van der Waals surface area contributed by atoms with E-state index in [4.69, 9.17) is 8.83 Å². The Morgan fingerprint density at radius 3 is 1.34 bits per heavy atom. The average molecular weight is 933 g/mol. The van der Waals surface area contributed by atoms with Gasteiger partial charge >= 0.3 is 0 Å². The van der Waals surface area contributed by atoms with Crippen LogP contribution in [0.2, 0.25) is 0 Å². The second-order valence-electron chi connectivity index (χ2n) is 18.6. The fraction of sp³-hybridized carbons (Fsp3) is 0.0149. The van der Waals surface area contributed by atoms with E-state index in [1.165, 1.54) is 0 Å². The molecule has 0 atom stereocenters. The second kappa shape index (κ2) is 16.5. The smallest absolute Gasteiger partial charge is 0.159 e. The highest BCUT2D eigenvalue weighted by Gasteiger charge is 2.48. The van der Waals surface area contributed by atoms with Gasteiger partial charge in [-0.2, -0.15) is 10.5 Å². The summed E-state index contributed by atoms with van der Waals surface area (Å²) in [6.07, 6.45) is 0. The SMILES string of the molecule is N#Cc1ccc(N(c2ccc3c(c2)C(c2ccccc2)(c2ccccc2)c2cc(N(c4ccc(C#N)cc4)c4cccc5c4oc4ccccc45)c4ccccc4c2-3)c2cccc3c2oc2ccccc23)cc1. The largest absolute Gasteiger partial charge is 0.454 e. The van der Waals surface area contributed by atoms with Crippen molar-refractivity contribution >= 4 is 88.8 Å². The molecule has 6 nitrogen and oxygen atoms in total. The Labute approximate surface area is 420 Å². The summed E-state index contributed by atoms with van der Waals surface area (Å²) in [6.45, 7) is 0. The minimum absolute atomic E-state index is 0.578. The van der Waals surface area contributed by atoms with E-state index in [0.717, 1.165) is 122 Å². The summed E-state index contributed by atoms with van der Waals surface area (Å²) in [5.41, 5.74) is 15.7. The van der Waals surface area contributed by atoms with Gasteiger partial charge in [-0.3, -0.25) is 0 Å². The summed E-state index contributed by atoms with van der Waals surface area (Å²) in [5, 5.41) is 26.2. The van der Waals surface area contributed by atoms with E-state index in [2.05, 4.69) is 186 Å². The van der Waals surface area contributed by atoms with Gasteiger partial charge in [-0.15, -0.1) is 0 Å². The third-order valence-corrected chi connectivity index (χ3v) is 14.8. The molecule has 73 heavy (non-hydrogen) atoms. The second-order valence-corrected chi connectivity index (χ2v) is 18.6. The molecule has 0 unspecified atom stereocenters. The van der Waals surface area contributed by atoms with Crippen molar-refractivity contribution in [2.75, 3.05) is 9.80 Å². The normalized spacial score (nSPS) is 12.5. The Balaban J connectivity index is 1.09. The van der Waals surface area contributed by atoms with Gasteiger partial charge in [0.05, 0.1) is 45.7 Å². The van der Waals surface area contributed by atoms with Gasteiger partial charge in [-0.05, 0) is 130 Å². The minimum Gasteiger partial charge on any atom is -0.454 e. The van der Waals surface area contributed by atoms with Crippen LogP contribution in [0.4, 0.5) is 34.1 Å². The molecule has 2 aromatic heterocycles. The number of furan rings is 2. The topological polar surface area (TPSA) is 80.3 Å². The van der Waals surface area contributed by atoms with E-state index in [1.807, 2.05) is 78.9 Å². The maximum Gasteiger partial charge on any atom is 0.159 e. The lowest BCUT2D eigenvalue weighted by Gasteiger charge is -2.36. The number of hydrogen-bond acceptors (Lipinski definition) is 6. The molecule has 0 radical (unpaired) electrons. The Hall–Kier alpha value is -10.1. The summed E-state index contributed by atoms with van der Waals surface area (Å²) in [4.78, 5) is 4.57. The zero-order valence-electron chi connectivity index (χ0n) is 39.2. The summed E-state index contributed by atoms with van der Waals surface area (Å²) in [6, 6.07) is 89.1. The van der Waals surface area contributed by atoms with Gasteiger partial charge < -0.3 is 18.6 Å². The summed E-state index contributed by atoms with van der Waals surface area (Å²) < 4.78 is 13.6. The first-order valence-corrected chi connectivity index (χ1v) is 24.4. The number of anilines is 6. The lowest BCUT2D eigenvalue weighted by atomic mass is 9.67. The molecule has 0 fully saturated rings. The molecule has 14 rings (SSSR count). The summed E-state index contributed by atoms with van der Waals surface area (Å²) in [7, 11) is 0. The Morgan fingerprint density at radius 1 is 0.342 bits per heavy atom. The van der Waals surface area contributed by atoms with Gasteiger partial charge in [0, 0.05) is 44.0 Å². The van der Waals surface area contributed by atoms with Crippen molar-refractivity contribution in [3.05, 3.63) is 276 Å². The molecule has 0 spiro atoms. The Morgan fingerprint density at radius 2 is 0.795 bits per heavy atom. The molecule has 340 valence electrons. The van der Waals surface area contributed by atoms with Gasteiger partial charge in [0.25, 0.3) is 0 Å². The van der Waals surface area contributed by atoms with Crippen molar-refractivity contribution in [1.29, 1.82) is 10.5 Å². The zero-order valence-corrected chi connectivity index (χ0v) is 39.2. The fourth-order valence-corrected chi connectivity index (χ4v) is 11.7. The minimum atomic E-state index is -0.842. The van der Waals surface area contributed by atoms with Crippen LogP contribution < -0.4 is 9.80 Å². The highest BCUT2D eigenvalue weighted by atomic mass is 16.3. The lowest BCUT2D eigenvalue weighted by Crippen LogP contribution is -2.29. The predicted octanol–water partition coefficient (Wildman–Crippen LogP) is 17.7. The van der Waals surface area contributed by atoms with E-state index >= 15 is 0 Å². The average Bonchev–Trinajstić information content (AvgIpc) is 4.13. The predicted molar refractivity (Wildman–Crippen MR) is 295 cm³/mol. The molecule has 13 aromatic rings. The molecular weight excluding hydrogens is 893 g/mol. The Bertz CT molecular complexity index is 4370. The van der Waals surface area contributed by atoms with Crippen molar-refractivity contribution in [3.63, 3.8) is 0 Å². The molecule has 6 heteroatoms. The molecule has 0 amide bonds.